The molecule has 0 aliphatic rings. The summed E-state index contributed by atoms with van der Waals surface area (Å²) in [6.45, 7) is 3.06. The van der Waals surface area contributed by atoms with Crippen LogP contribution in [-0.2, 0) is 14.4 Å². The highest BCUT2D eigenvalue weighted by Gasteiger charge is 2.12. The molecule has 0 amide bonds. The lowest BCUT2D eigenvalue weighted by atomic mass is 10.0. The Balaban J connectivity index is 3.70. The summed E-state index contributed by atoms with van der Waals surface area (Å²) in [6, 6.07) is 0. The summed E-state index contributed by atoms with van der Waals surface area (Å²) in [7, 11) is 0. The van der Waals surface area contributed by atoms with Crippen molar-refractivity contribution in [2.24, 2.45) is 5.92 Å². The molecule has 0 bridgehead atoms. The molecule has 0 heterocycles. The number of rotatable bonds is 5. The van der Waals surface area contributed by atoms with Crippen LogP contribution in [0.25, 0.3) is 0 Å². The van der Waals surface area contributed by atoms with E-state index in [4.69, 9.17) is 0 Å². The van der Waals surface area contributed by atoms with Crippen molar-refractivity contribution in [1.82, 2.24) is 0 Å². The van der Waals surface area contributed by atoms with Gasteiger partial charge in [-0.2, -0.15) is 0 Å². The van der Waals surface area contributed by atoms with Gasteiger partial charge in [0.2, 0.25) is 0 Å². The first kappa shape index (κ1) is 11.5. The van der Waals surface area contributed by atoms with Crippen LogP contribution < -0.4 is 0 Å². The van der Waals surface area contributed by atoms with E-state index < -0.39 is 11.1 Å². The fourth-order valence-electron chi connectivity index (χ4n) is 0.666. The van der Waals surface area contributed by atoms with E-state index in [0.717, 1.165) is 0 Å². The molecule has 74 valence electrons. The molecule has 0 fully saturated rings. The maximum absolute atomic E-state index is 10.7. The highest BCUT2D eigenvalue weighted by atomic mass is 17.0. The van der Waals surface area contributed by atoms with E-state index in [1.165, 1.54) is 6.92 Å². The predicted octanol–water partition coefficient (Wildman–Crippen LogP) is 0.727. The molecule has 0 saturated carbocycles. The van der Waals surface area contributed by atoms with Crippen molar-refractivity contribution in [3.8, 4) is 0 Å². The summed E-state index contributed by atoms with van der Waals surface area (Å²) in [4.78, 5) is 34.6. The molecule has 1 unspecified atom stereocenters. The van der Waals surface area contributed by atoms with Crippen LogP contribution in [0.15, 0.2) is 0 Å². The molecule has 0 aliphatic heterocycles. The van der Waals surface area contributed by atoms with E-state index >= 15 is 0 Å². The third-order valence-corrected chi connectivity index (χ3v) is 1.65. The Labute approximate surface area is 75.0 Å². The van der Waals surface area contributed by atoms with Gasteiger partial charge in [-0.15, -0.1) is 10.1 Å². The van der Waals surface area contributed by atoms with Gasteiger partial charge < -0.3 is 0 Å². The van der Waals surface area contributed by atoms with Crippen molar-refractivity contribution in [1.29, 1.82) is 0 Å². The lowest BCUT2D eigenvalue weighted by Crippen LogP contribution is -2.13. The minimum Gasteiger partial charge on any atom is -0.300 e. The average Bonchev–Trinajstić information content (AvgIpc) is 1.98. The molecular formula is C7H11NO5. The van der Waals surface area contributed by atoms with Crippen molar-refractivity contribution in [3.63, 3.8) is 0 Å². The molecule has 0 rings (SSSR count). The van der Waals surface area contributed by atoms with Crippen LogP contribution in [0.5, 0.6) is 0 Å². The van der Waals surface area contributed by atoms with E-state index in [0.29, 0.717) is 0 Å². The van der Waals surface area contributed by atoms with Crippen LogP contribution in [0.1, 0.15) is 26.7 Å². The SMILES string of the molecule is CC(=O)C(C)CCC(=O)O[N+](=O)[O-]. The Kier molecular flexibility index (Phi) is 4.64. The van der Waals surface area contributed by atoms with Crippen molar-refractivity contribution in [2.75, 3.05) is 0 Å². The van der Waals surface area contributed by atoms with Gasteiger partial charge in [0, 0.05) is 12.3 Å². The zero-order chi connectivity index (χ0) is 10.4. The molecular weight excluding hydrogens is 178 g/mol. The predicted molar refractivity (Wildman–Crippen MR) is 42.2 cm³/mol. The summed E-state index contributed by atoms with van der Waals surface area (Å²) in [6.07, 6.45) is 0.170. The highest BCUT2D eigenvalue weighted by Crippen LogP contribution is 2.07. The molecule has 0 aliphatic carbocycles. The monoisotopic (exact) mass is 189 g/mol. The normalized spacial score (nSPS) is 11.8. The summed E-state index contributed by atoms with van der Waals surface area (Å²) in [5.41, 5.74) is 0. The fourth-order valence-corrected chi connectivity index (χ4v) is 0.666. The second-order valence-corrected chi connectivity index (χ2v) is 2.74. The second kappa shape index (κ2) is 5.23. The zero-order valence-corrected chi connectivity index (χ0v) is 7.48. The van der Waals surface area contributed by atoms with Crippen LogP contribution >= 0.6 is 0 Å². The highest BCUT2D eigenvalue weighted by molar-refractivity contribution is 5.78. The van der Waals surface area contributed by atoms with E-state index in [2.05, 4.69) is 4.84 Å². The Bertz CT molecular complexity index is 225. The molecule has 0 aromatic carbocycles. The molecule has 0 aromatic rings. The Morgan fingerprint density at radius 1 is 1.54 bits per heavy atom. The van der Waals surface area contributed by atoms with Crippen molar-refractivity contribution < 1.29 is 19.5 Å². The van der Waals surface area contributed by atoms with Gasteiger partial charge in [-0.05, 0) is 13.3 Å². The molecule has 6 nitrogen and oxygen atoms in total. The quantitative estimate of drug-likeness (QED) is 0.470. The maximum Gasteiger partial charge on any atom is 0.303 e. The maximum atomic E-state index is 10.7. The van der Waals surface area contributed by atoms with Gasteiger partial charge in [-0.25, -0.2) is 4.84 Å². The Morgan fingerprint density at radius 3 is 2.46 bits per heavy atom. The van der Waals surface area contributed by atoms with Crippen molar-refractivity contribution in [3.05, 3.63) is 10.1 Å². The molecule has 13 heavy (non-hydrogen) atoms. The van der Waals surface area contributed by atoms with Gasteiger partial charge in [0.1, 0.15) is 5.78 Å². The van der Waals surface area contributed by atoms with E-state index in [1.54, 1.807) is 6.92 Å². The first-order valence-corrected chi connectivity index (χ1v) is 3.79. The molecule has 0 aromatic heterocycles. The summed E-state index contributed by atoms with van der Waals surface area (Å²) in [5, 5.41) is 8.53. The molecule has 0 spiro atoms. The van der Waals surface area contributed by atoms with Gasteiger partial charge in [0.25, 0.3) is 0 Å². The third-order valence-electron chi connectivity index (χ3n) is 1.65. The lowest BCUT2D eigenvalue weighted by Gasteiger charge is -2.04. The second-order valence-electron chi connectivity index (χ2n) is 2.74. The number of carbonyl (C=O) groups excluding carboxylic acids is 2. The number of hydrogen-bond acceptors (Lipinski definition) is 5. The summed E-state index contributed by atoms with van der Waals surface area (Å²) in [5.74, 6) is -1.23. The molecule has 0 N–H and O–H groups in total. The lowest BCUT2D eigenvalue weighted by molar-refractivity contribution is -0.729. The van der Waals surface area contributed by atoms with Crippen LogP contribution in [0.2, 0.25) is 0 Å². The molecule has 1 atom stereocenters. The van der Waals surface area contributed by atoms with E-state index in [-0.39, 0.29) is 24.5 Å². The summed E-state index contributed by atoms with van der Waals surface area (Å²) < 4.78 is 0. The van der Waals surface area contributed by atoms with Crippen molar-refractivity contribution >= 4 is 11.8 Å². The summed E-state index contributed by atoms with van der Waals surface area (Å²) >= 11 is 0. The van der Waals surface area contributed by atoms with E-state index in [1.807, 2.05) is 0 Å². The zero-order valence-electron chi connectivity index (χ0n) is 7.48. The Hall–Kier alpha value is -1.46. The standard InChI is InChI=1S/C7H11NO5/c1-5(6(2)9)3-4-7(10)13-8(11)12/h5H,3-4H2,1-2H3. The van der Waals surface area contributed by atoms with Crippen LogP contribution in [0, 0.1) is 16.0 Å². The van der Waals surface area contributed by atoms with Crippen LogP contribution in [0.4, 0.5) is 0 Å². The largest absolute Gasteiger partial charge is 0.303 e. The topological polar surface area (TPSA) is 86.5 Å². The number of nitrogens with zero attached hydrogens (tertiary/aromatic N) is 1. The first-order valence-electron chi connectivity index (χ1n) is 3.79. The van der Waals surface area contributed by atoms with Gasteiger partial charge in [0.05, 0.1) is 0 Å². The van der Waals surface area contributed by atoms with Gasteiger partial charge in [-0.1, -0.05) is 6.92 Å². The molecule has 6 heteroatoms. The molecule has 0 radical (unpaired) electrons. The number of ketones is 1. The number of carbonyl (C=O) groups is 2. The van der Waals surface area contributed by atoms with Crippen molar-refractivity contribution in [2.45, 2.75) is 26.7 Å². The van der Waals surface area contributed by atoms with Crippen LogP contribution in [0.3, 0.4) is 0 Å². The van der Waals surface area contributed by atoms with Crippen LogP contribution in [-0.4, -0.2) is 16.8 Å². The van der Waals surface area contributed by atoms with Gasteiger partial charge >= 0.3 is 11.1 Å². The first-order chi connectivity index (χ1) is 5.93. The minimum absolute atomic E-state index is 0.0473. The minimum atomic E-state index is -1.15. The average molecular weight is 189 g/mol. The van der Waals surface area contributed by atoms with Gasteiger partial charge in [-0.3, -0.25) is 9.59 Å². The smallest absolute Gasteiger partial charge is 0.300 e. The third kappa shape index (κ3) is 5.77. The van der Waals surface area contributed by atoms with E-state index in [9.17, 15) is 19.7 Å². The fraction of sp³-hybridized carbons (Fsp3) is 0.714. The Morgan fingerprint density at radius 2 is 2.08 bits per heavy atom. The number of hydrogen-bond donors (Lipinski definition) is 0. The molecule has 0 saturated heterocycles. The number of Topliss-reactive ketones (excluding diaryl/α,β-unsaturated/α-hetero) is 1. The van der Waals surface area contributed by atoms with Gasteiger partial charge in [0.15, 0.2) is 0 Å².